The van der Waals surface area contributed by atoms with Crippen molar-refractivity contribution < 1.29 is 4.92 Å². The fourth-order valence-corrected chi connectivity index (χ4v) is 3.92. The van der Waals surface area contributed by atoms with E-state index < -0.39 is 0 Å². The van der Waals surface area contributed by atoms with E-state index in [-0.39, 0.29) is 10.6 Å². The van der Waals surface area contributed by atoms with Crippen molar-refractivity contribution in [1.82, 2.24) is 14.7 Å². The van der Waals surface area contributed by atoms with E-state index in [2.05, 4.69) is 46.1 Å². The highest BCUT2D eigenvalue weighted by atomic mass is 16.6. The molecule has 1 saturated heterocycles. The molecule has 0 radical (unpaired) electrons. The number of nitrogens with zero attached hydrogens (tertiary/aromatic N) is 5. The van der Waals surface area contributed by atoms with Gasteiger partial charge >= 0.3 is 5.69 Å². The summed E-state index contributed by atoms with van der Waals surface area (Å²) in [6, 6.07) is 10.9. The van der Waals surface area contributed by atoms with Gasteiger partial charge < -0.3 is 4.90 Å². The summed E-state index contributed by atoms with van der Waals surface area (Å²) in [5.74, 6) is 0.632. The second-order valence-corrected chi connectivity index (χ2v) is 6.98. The Morgan fingerprint density at radius 3 is 2.65 bits per heavy atom. The minimum absolute atomic E-state index is 0.138. The molecule has 1 unspecified atom stereocenters. The fourth-order valence-electron chi connectivity index (χ4n) is 3.92. The normalized spacial score (nSPS) is 18.3. The van der Waals surface area contributed by atoms with Crippen LogP contribution in [0.4, 0.5) is 11.5 Å². The smallest absolute Gasteiger partial charge is 0.333 e. The van der Waals surface area contributed by atoms with E-state index in [4.69, 9.17) is 0 Å². The second kappa shape index (κ2) is 7.86. The number of nitro groups is 1. The van der Waals surface area contributed by atoms with Crippen molar-refractivity contribution in [1.29, 1.82) is 0 Å². The van der Waals surface area contributed by atoms with Crippen LogP contribution in [0, 0.1) is 17.0 Å². The standard InChI is InChI=1S/C19H27N5O2/c1-4-8-17-14-23(19-18(24(25)26)15(2)20-21(19)3)12-11-22(17)13-16-9-6-5-7-10-16/h5-7,9-10,17H,4,8,11-14H2,1-3H3. The van der Waals surface area contributed by atoms with Crippen LogP contribution in [0.1, 0.15) is 31.0 Å². The fraction of sp³-hybridized carbons (Fsp3) is 0.526. The molecule has 0 aliphatic carbocycles. The van der Waals surface area contributed by atoms with Gasteiger partial charge in [0, 0.05) is 39.3 Å². The zero-order chi connectivity index (χ0) is 18.7. The summed E-state index contributed by atoms with van der Waals surface area (Å²) >= 11 is 0. The van der Waals surface area contributed by atoms with Crippen molar-refractivity contribution in [2.24, 2.45) is 7.05 Å². The van der Waals surface area contributed by atoms with Crippen LogP contribution < -0.4 is 4.90 Å². The van der Waals surface area contributed by atoms with Gasteiger partial charge in [0.05, 0.1) is 4.92 Å². The van der Waals surface area contributed by atoms with Crippen LogP contribution in [0.3, 0.4) is 0 Å². The summed E-state index contributed by atoms with van der Waals surface area (Å²) < 4.78 is 1.66. The molecule has 1 fully saturated rings. The van der Waals surface area contributed by atoms with Gasteiger partial charge in [0.25, 0.3) is 0 Å². The summed E-state index contributed by atoms with van der Waals surface area (Å²) in [5, 5.41) is 15.8. The van der Waals surface area contributed by atoms with Crippen molar-refractivity contribution in [3.63, 3.8) is 0 Å². The molecule has 0 saturated carbocycles. The molecule has 1 aliphatic rings. The molecular formula is C19H27N5O2. The van der Waals surface area contributed by atoms with Gasteiger partial charge in [0.1, 0.15) is 5.69 Å². The number of rotatable bonds is 6. The molecule has 26 heavy (non-hydrogen) atoms. The highest BCUT2D eigenvalue weighted by molar-refractivity contribution is 5.61. The van der Waals surface area contributed by atoms with E-state index in [0.717, 1.165) is 39.0 Å². The molecule has 1 aromatic heterocycles. The molecule has 0 bridgehead atoms. The summed E-state index contributed by atoms with van der Waals surface area (Å²) in [6.45, 7) is 7.27. The maximum Gasteiger partial charge on any atom is 0.333 e. The first-order valence-electron chi connectivity index (χ1n) is 9.22. The average Bonchev–Trinajstić information content (AvgIpc) is 2.92. The molecule has 0 amide bonds. The minimum atomic E-state index is -0.303. The topological polar surface area (TPSA) is 67.4 Å². The van der Waals surface area contributed by atoms with Gasteiger partial charge in [-0.15, -0.1) is 0 Å². The van der Waals surface area contributed by atoms with Gasteiger partial charge in [0.2, 0.25) is 5.82 Å². The van der Waals surface area contributed by atoms with E-state index in [1.165, 1.54) is 5.56 Å². The maximum absolute atomic E-state index is 11.5. The lowest BCUT2D eigenvalue weighted by atomic mass is 10.0. The molecule has 1 aliphatic heterocycles. The second-order valence-electron chi connectivity index (χ2n) is 6.98. The predicted molar refractivity (Wildman–Crippen MR) is 102 cm³/mol. The van der Waals surface area contributed by atoms with Gasteiger partial charge in [-0.05, 0) is 18.9 Å². The van der Waals surface area contributed by atoms with Gasteiger partial charge in [-0.2, -0.15) is 5.10 Å². The largest absolute Gasteiger partial charge is 0.348 e. The molecule has 3 rings (SSSR count). The van der Waals surface area contributed by atoms with Crippen molar-refractivity contribution in [2.45, 2.75) is 39.3 Å². The number of hydrogen-bond donors (Lipinski definition) is 0. The van der Waals surface area contributed by atoms with Crippen LogP contribution in [0.5, 0.6) is 0 Å². The average molecular weight is 357 g/mol. The molecule has 2 aromatic rings. The lowest BCUT2D eigenvalue weighted by molar-refractivity contribution is -0.384. The summed E-state index contributed by atoms with van der Waals surface area (Å²) in [6.07, 6.45) is 2.17. The van der Waals surface area contributed by atoms with Gasteiger partial charge in [0.15, 0.2) is 0 Å². The van der Waals surface area contributed by atoms with Crippen molar-refractivity contribution in [3.8, 4) is 0 Å². The van der Waals surface area contributed by atoms with Crippen molar-refractivity contribution in [2.75, 3.05) is 24.5 Å². The third kappa shape index (κ3) is 3.72. The molecule has 2 heterocycles. The van der Waals surface area contributed by atoms with Crippen LogP contribution >= 0.6 is 0 Å². The number of piperazine rings is 1. The van der Waals surface area contributed by atoms with E-state index in [1.807, 2.05) is 6.07 Å². The molecule has 140 valence electrons. The Morgan fingerprint density at radius 1 is 1.27 bits per heavy atom. The third-order valence-electron chi connectivity index (χ3n) is 5.10. The Hall–Kier alpha value is -2.41. The van der Waals surface area contributed by atoms with Gasteiger partial charge in [-0.3, -0.25) is 15.0 Å². The predicted octanol–water partition coefficient (Wildman–Crippen LogP) is 3.13. The quantitative estimate of drug-likeness (QED) is 0.587. The van der Waals surface area contributed by atoms with Crippen molar-refractivity contribution >= 4 is 11.5 Å². The Balaban J connectivity index is 1.81. The SMILES string of the molecule is CCCC1CN(c2c([N+](=O)[O-])c(C)nn2C)CCN1Cc1ccccc1. The third-order valence-corrected chi connectivity index (χ3v) is 5.10. The Labute approximate surface area is 154 Å². The molecular weight excluding hydrogens is 330 g/mol. The maximum atomic E-state index is 11.5. The molecule has 0 N–H and O–H groups in total. The van der Waals surface area contributed by atoms with Crippen LogP contribution in [0.2, 0.25) is 0 Å². The highest BCUT2D eigenvalue weighted by Gasteiger charge is 2.33. The first kappa shape index (κ1) is 18.4. The minimum Gasteiger partial charge on any atom is -0.348 e. The summed E-state index contributed by atoms with van der Waals surface area (Å²) in [7, 11) is 1.79. The zero-order valence-electron chi connectivity index (χ0n) is 15.8. The van der Waals surface area contributed by atoms with Crippen LogP contribution in [0.25, 0.3) is 0 Å². The summed E-state index contributed by atoms with van der Waals surface area (Å²) in [5.41, 5.74) is 1.93. The van der Waals surface area contributed by atoms with Gasteiger partial charge in [-0.1, -0.05) is 43.7 Å². The first-order valence-corrected chi connectivity index (χ1v) is 9.22. The van der Waals surface area contributed by atoms with E-state index in [9.17, 15) is 10.1 Å². The Morgan fingerprint density at radius 2 is 2.00 bits per heavy atom. The number of anilines is 1. The zero-order valence-corrected chi connectivity index (χ0v) is 15.8. The van der Waals surface area contributed by atoms with E-state index in [0.29, 0.717) is 17.6 Å². The number of benzene rings is 1. The van der Waals surface area contributed by atoms with Crippen LogP contribution in [-0.4, -0.2) is 45.3 Å². The molecule has 7 nitrogen and oxygen atoms in total. The lowest BCUT2D eigenvalue weighted by Gasteiger charge is -2.42. The molecule has 1 aromatic carbocycles. The molecule has 1 atom stereocenters. The first-order chi connectivity index (χ1) is 12.5. The Bertz CT molecular complexity index is 759. The molecule has 7 heteroatoms. The van der Waals surface area contributed by atoms with Crippen LogP contribution in [0.15, 0.2) is 30.3 Å². The van der Waals surface area contributed by atoms with Crippen LogP contribution in [-0.2, 0) is 13.6 Å². The summed E-state index contributed by atoms with van der Waals surface area (Å²) in [4.78, 5) is 15.9. The van der Waals surface area contributed by atoms with Gasteiger partial charge in [-0.25, -0.2) is 4.68 Å². The number of hydrogen-bond acceptors (Lipinski definition) is 5. The monoisotopic (exact) mass is 357 g/mol. The van der Waals surface area contributed by atoms with E-state index >= 15 is 0 Å². The number of aromatic nitrogens is 2. The Kier molecular flexibility index (Phi) is 5.56. The lowest BCUT2D eigenvalue weighted by Crippen LogP contribution is -2.53. The van der Waals surface area contributed by atoms with Crippen molar-refractivity contribution in [3.05, 3.63) is 51.7 Å². The number of aryl methyl sites for hydroxylation is 2. The highest BCUT2D eigenvalue weighted by Crippen LogP contribution is 2.33. The molecule has 0 spiro atoms. The van der Waals surface area contributed by atoms with E-state index in [1.54, 1.807) is 18.7 Å².